The first-order valence-electron chi connectivity index (χ1n) is 9.14. The third-order valence-electron chi connectivity index (χ3n) is 5.08. The van der Waals surface area contributed by atoms with Crippen LogP contribution in [0.4, 0.5) is 0 Å². The molecule has 1 amide bonds. The van der Waals surface area contributed by atoms with Gasteiger partial charge in [-0.1, -0.05) is 18.2 Å². The van der Waals surface area contributed by atoms with Gasteiger partial charge >= 0.3 is 0 Å². The second-order valence-electron chi connectivity index (χ2n) is 6.93. The Morgan fingerprint density at radius 1 is 1.27 bits per heavy atom. The summed E-state index contributed by atoms with van der Waals surface area (Å²) in [5, 5.41) is 12.8. The third kappa shape index (κ3) is 4.82. The number of methoxy groups -OCH3 is 1. The first kappa shape index (κ1) is 18.4. The minimum atomic E-state index is -0.231. The molecule has 1 aliphatic rings. The molecule has 1 saturated carbocycles. The molecule has 1 aromatic heterocycles. The van der Waals surface area contributed by atoms with E-state index in [1.54, 1.807) is 19.5 Å². The smallest absolute Gasteiger partial charge is 0.220 e. The predicted molar refractivity (Wildman–Crippen MR) is 99.9 cm³/mol. The molecule has 0 aliphatic heterocycles. The summed E-state index contributed by atoms with van der Waals surface area (Å²) in [4.78, 5) is 16.6. The van der Waals surface area contributed by atoms with Crippen LogP contribution in [0.1, 0.15) is 30.4 Å². The monoisotopic (exact) mass is 354 g/mol. The number of nitrogens with zero attached hydrogens (tertiary/aromatic N) is 1. The summed E-state index contributed by atoms with van der Waals surface area (Å²) >= 11 is 0. The van der Waals surface area contributed by atoms with Gasteiger partial charge in [-0.3, -0.25) is 9.78 Å². The number of para-hydroxylation sites is 1. The Labute approximate surface area is 154 Å². The van der Waals surface area contributed by atoms with Crippen LogP contribution in [-0.2, 0) is 17.6 Å². The standard InChI is InChI=1S/C21H26N2O3/c1-26-20-5-3-2-4-16(20)6-7-21(25)23-19(17-13-18(24)14-17)12-15-8-10-22-11-9-15/h2-5,8-11,17-19,24H,6-7,12-14H2,1H3,(H,23,25)/t17?,18?,19-/m1/s1. The number of aliphatic hydroxyl groups excluding tert-OH is 1. The molecular weight excluding hydrogens is 328 g/mol. The summed E-state index contributed by atoms with van der Waals surface area (Å²) in [5.74, 6) is 1.18. The van der Waals surface area contributed by atoms with E-state index in [1.807, 2.05) is 36.4 Å². The van der Waals surface area contributed by atoms with Gasteiger partial charge in [-0.05, 0) is 60.9 Å². The van der Waals surface area contributed by atoms with E-state index in [0.717, 1.165) is 36.1 Å². The lowest BCUT2D eigenvalue weighted by atomic mass is 9.75. The molecule has 0 saturated heterocycles. The van der Waals surface area contributed by atoms with E-state index in [9.17, 15) is 9.90 Å². The van der Waals surface area contributed by atoms with Crippen molar-refractivity contribution in [2.24, 2.45) is 5.92 Å². The molecule has 0 spiro atoms. The number of ether oxygens (including phenoxy) is 1. The molecule has 26 heavy (non-hydrogen) atoms. The van der Waals surface area contributed by atoms with E-state index >= 15 is 0 Å². The van der Waals surface area contributed by atoms with Crippen molar-refractivity contribution in [1.29, 1.82) is 0 Å². The molecule has 138 valence electrons. The molecule has 3 rings (SSSR count). The zero-order valence-corrected chi connectivity index (χ0v) is 15.1. The maximum absolute atomic E-state index is 12.5. The lowest BCUT2D eigenvalue weighted by Crippen LogP contribution is -2.48. The summed E-state index contributed by atoms with van der Waals surface area (Å²) in [6.07, 6.45) is 6.64. The van der Waals surface area contributed by atoms with Crippen LogP contribution >= 0.6 is 0 Å². The van der Waals surface area contributed by atoms with Crippen LogP contribution < -0.4 is 10.1 Å². The number of aliphatic hydroxyl groups is 1. The molecule has 1 heterocycles. The fraction of sp³-hybridized carbons (Fsp3) is 0.429. The number of carbonyl (C=O) groups excluding carboxylic acids is 1. The first-order valence-corrected chi connectivity index (χ1v) is 9.14. The maximum Gasteiger partial charge on any atom is 0.220 e. The van der Waals surface area contributed by atoms with E-state index in [0.29, 0.717) is 18.8 Å². The van der Waals surface area contributed by atoms with Gasteiger partial charge < -0.3 is 15.2 Å². The molecule has 1 fully saturated rings. The van der Waals surface area contributed by atoms with E-state index in [2.05, 4.69) is 10.3 Å². The van der Waals surface area contributed by atoms with E-state index in [1.165, 1.54) is 0 Å². The number of nitrogens with one attached hydrogen (secondary N) is 1. The van der Waals surface area contributed by atoms with Gasteiger partial charge in [-0.25, -0.2) is 0 Å². The quantitative estimate of drug-likeness (QED) is 0.764. The second-order valence-corrected chi connectivity index (χ2v) is 6.93. The van der Waals surface area contributed by atoms with Crippen LogP contribution in [0.2, 0.25) is 0 Å². The average molecular weight is 354 g/mol. The zero-order valence-electron chi connectivity index (χ0n) is 15.1. The summed E-state index contributed by atoms with van der Waals surface area (Å²) < 4.78 is 5.35. The van der Waals surface area contributed by atoms with Gasteiger partial charge in [0.25, 0.3) is 0 Å². The summed E-state index contributed by atoms with van der Waals surface area (Å²) in [6, 6.07) is 11.8. The maximum atomic E-state index is 12.5. The fourth-order valence-electron chi connectivity index (χ4n) is 3.50. The Kier molecular flexibility index (Phi) is 6.23. The SMILES string of the molecule is COc1ccccc1CCC(=O)N[C@H](Cc1ccncc1)C1CC(O)C1. The Morgan fingerprint density at radius 2 is 2.00 bits per heavy atom. The number of rotatable bonds is 8. The number of benzene rings is 1. The van der Waals surface area contributed by atoms with Crippen molar-refractivity contribution in [1.82, 2.24) is 10.3 Å². The number of aryl methyl sites for hydroxylation is 1. The van der Waals surface area contributed by atoms with Crippen LogP contribution in [0.15, 0.2) is 48.8 Å². The molecule has 5 nitrogen and oxygen atoms in total. The number of amides is 1. The van der Waals surface area contributed by atoms with E-state index in [-0.39, 0.29) is 18.1 Å². The highest BCUT2D eigenvalue weighted by Gasteiger charge is 2.34. The number of hydrogen-bond acceptors (Lipinski definition) is 4. The van der Waals surface area contributed by atoms with Crippen LogP contribution in [-0.4, -0.2) is 35.3 Å². The van der Waals surface area contributed by atoms with Crippen LogP contribution in [0, 0.1) is 5.92 Å². The van der Waals surface area contributed by atoms with Gasteiger partial charge in [0.05, 0.1) is 13.2 Å². The largest absolute Gasteiger partial charge is 0.496 e. The van der Waals surface area contributed by atoms with Crippen molar-refractivity contribution in [3.8, 4) is 5.75 Å². The Bertz CT molecular complexity index is 714. The van der Waals surface area contributed by atoms with E-state index in [4.69, 9.17) is 4.74 Å². The van der Waals surface area contributed by atoms with Crippen molar-refractivity contribution < 1.29 is 14.6 Å². The molecule has 5 heteroatoms. The Balaban J connectivity index is 1.58. The lowest BCUT2D eigenvalue weighted by Gasteiger charge is -2.38. The molecule has 1 aliphatic carbocycles. The highest BCUT2D eigenvalue weighted by Crippen LogP contribution is 2.31. The molecule has 2 N–H and O–H groups in total. The minimum Gasteiger partial charge on any atom is -0.496 e. The number of hydrogen-bond donors (Lipinski definition) is 2. The van der Waals surface area contributed by atoms with Crippen molar-refractivity contribution in [2.75, 3.05) is 7.11 Å². The second kappa shape index (κ2) is 8.81. The molecule has 0 unspecified atom stereocenters. The summed E-state index contributed by atoms with van der Waals surface area (Å²) in [5.41, 5.74) is 2.19. The van der Waals surface area contributed by atoms with Gasteiger partial charge in [0.15, 0.2) is 0 Å². The minimum absolute atomic E-state index is 0.0383. The average Bonchev–Trinajstić information content (AvgIpc) is 2.64. The van der Waals surface area contributed by atoms with Crippen molar-refractivity contribution in [2.45, 2.75) is 44.2 Å². The molecule has 2 aromatic rings. The van der Waals surface area contributed by atoms with Crippen LogP contribution in [0.5, 0.6) is 5.75 Å². The number of aromatic nitrogens is 1. The zero-order chi connectivity index (χ0) is 18.4. The van der Waals surface area contributed by atoms with Gasteiger partial charge in [0, 0.05) is 24.9 Å². The van der Waals surface area contributed by atoms with Crippen molar-refractivity contribution in [3.63, 3.8) is 0 Å². The van der Waals surface area contributed by atoms with Gasteiger partial charge in [-0.15, -0.1) is 0 Å². The lowest BCUT2D eigenvalue weighted by molar-refractivity contribution is -0.122. The molecule has 1 atom stereocenters. The third-order valence-corrected chi connectivity index (χ3v) is 5.08. The van der Waals surface area contributed by atoms with Gasteiger partial charge in [0.2, 0.25) is 5.91 Å². The van der Waals surface area contributed by atoms with E-state index < -0.39 is 0 Å². The Morgan fingerprint density at radius 3 is 2.69 bits per heavy atom. The predicted octanol–water partition coefficient (Wildman–Crippen LogP) is 2.52. The normalized spacial score (nSPS) is 20.1. The highest BCUT2D eigenvalue weighted by molar-refractivity contribution is 5.76. The summed E-state index contributed by atoms with van der Waals surface area (Å²) in [6.45, 7) is 0. The Hall–Kier alpha value is -2.40. The van der Waals surface area contributed by atoms with Crippen LogP contribution in [0.3, 0.4) is 0 Å². The molecule has 1 aromatic carbocycles. The molecular formula is C21H26N2O3. The fourth-order valence-corrected chi connectivity index (χ4v) is 3.50. The molecule has 0 radical (unpaired) electrons. The first-order chi connectivity index (χ1) is 12.7. The molecule has 0 bridgehead atoms. The van der Waals surface area contributed by atoms with Crippen molar-refractivity contribution >= 4 is 5.91 Å². The number of carbonyl (C=O) groups is 1. The van der Waals surface area contributed by atoms with Gasteiger partial charge in [-0.2, -0.15) is 0 Å². The summed E-state index contributed by atoms with van der Waals surface area (Å²) in [7, 11) is 1.64. The number of pyridine rings is 1. The van der Waals surface area contributed by atoms with Crippen LogP contribution in [0.25, 0.3) is 0 Å². The topological polar surface area (TPSA) is 71.5 Å². The van der Waals surface area contributed by atoms with Gasteiger partial charge in [0.1, 0.15) is 5.75 Å². The van der Waals surface area contributed by atoms with Crippen molar-refractivity contribution in [3.05, 3.63) is 59.9 Å². The highest BCUT2D eigenvalue weighted by atomic mass is 16.5.